The number of nitriles is 1. The number of nitrogens with one attached hydrogen (secondary N) is 1. The first kappa shape index (κ1) is 32.8. The van der Waals surface area contributed by atoms with Crippen LogP contribution in [0.25, 0.3) is 10.9 Å². The normalized spacial score (nSPS) is 15.2. The predicted octanol–water partition coefficient (Wildman–Crippen LogP) is 6.55. The van der Waals surface area contributed by atoms with Gasteiger partial charge in [-0.25, -0.2) is 9.67 Å². The molecule has 0 bridgehead atoms. The van der Waals surface area contributed by atoms with Gasteiger partial charge < -0.3 is 10.4 Å². The Kier molecular flexibility index (Phi) is 8.33. The maximum absolute atomic E-state index is 14.1. The van der Waals surface area contributed by atoms with E-state index in [-0.39, 0.29) is 30.4 Å². The lowest BCUT2D eigenvalue weighted by Crippen LogP contribution is -2.35. The zero-order valence-electron chi connectivity index (χ0n) is 26.5. The highest BCUT2D eigenvalue weighted by atomic mass is 19.4. The Morgan fingerprint density at radius 2 is 1.83 bits per heavy atom. The molecule has 0 saturated heterocycles. The van der Waals surface area contributed by atoms with Crippen molar-refractivity contribution in [2.24, 2.45) is 5.41 Å². The molecule has 12 heteroatoms. The van der Waals surface area contributed by atoms with Gasteiger partial charge in [-0.3, -0.25) is 4.98 Å². The van der Waals surface area contributed by atoms with Crippen LogP contribution in [-0.4, -0.2) is 48.4 Å². The van der Waals surface area contributed by atoms with E-state index in [0.29, 0.717) is 51.1 Å². The van der Waals surface area contributed by atoms with Gasteiger partial charge >= 0.3 is 6.18 Å². The molecular formula is C34H35F4N7O. The molecule has 0 amide bonds. The van der Waals surface area contributed by atoms with E-state index in [1.165, 1.54) is 18.5 Å². The highest BCUT2D eigenvalue weighted by Crippen LogP contribution is 2.55. The summed E-state index contributed by atoms with van der Waals surface area (Å²) >= 11 is 0. The lowest BCUT2D eigenvalue weighted by Gasteiger charge is -2.22. The molecule has 0 aliphatic heterocycles. The van der Waals surface area contributed by atoms with Gasteiger partial charge in [-0.05, 0) is 74.8 Å². The number of alkyl halides is 3. The average Bonchev–Trinajstić information content (AvgIpc) is 3.64. The molecule has 240 valence electrons. The van der Waals surface area contributed by atoms with Crippen LogP contribution in [0.4, 0.5) is 23.2 Å². The molecule has 46 heavy (non-hydrogen) atoms. The summed E-state index contributed by atoms with van der Waals surface area (Å²) in [6.07, 6.45) is -1.67. The van der Waals surface area contributed by atoms with Gasteiger partial charge in [-0.1, -0.05) is 43.9 Å². The predicted molar refractivity (Wildman–Crippen MR) is 165 cm³/mol. The summed E-state index contributed by atoms with van der Waals surface area (Å²) in [7, 11) is 0. The van der Waals surface area contributed by atoms with Crippen LogP contribution >= 0.6 is 0 Å². The second-order valence-corrected chi connectivity index (χ2v) is 13.6. The molecule has 5 rings (SSSR count). The van der Waals surface area contributed by atoms with Crippen LogP contribution in [0.15, 0.2) is 36.7 Å². The van der Waals surface area contributed by atoms with E-state index in [4.69, 9.17) is 0 Å². The summed E-state index contributed by atoms with van der Waals surface area (Å²) in [5.41, 5.74) is 0.283. The molecule has 1 aliphatic carbocycles. The number of aryl methyl sites for hydroxylation is 1. The van der Waals surface area contributed by atoms with E-state index in [1.807, 2.05) is 6.07 Å². The highest BCUT2D eigenvalue weighted by Gasteiger charge is 2.66. The molecule has 8 nitrogen and oxygen atoms in total. The number of pyridine rings is 2. The van der Waals surface area contributed by atoms with Crippen LogP contribution in [0.3, 0.4) is 0 Å². The number of nitrogens with zero attached hydrogens (tertiary/aromatic N) is 6. The first-order chi connectivity index (χ1) is 21.4. The third kappa shape index (κ3) is 6.82. The zero-order chi connectivity index (χ0) is 33.7. The van der Waals surface area contributed by atoms with E-state index in [0.717, 1.165) is 4.68 Å². The number of aliphatic hydroxyl groups is 1. The molecule has 0 radical (unpaired) electrons. The Morgan fingerprint density at radius 3 is 2.41 bits per heavy atom. The maximum atomic E-state index is 14.1. The third-order valence-electron chi connectivity index (χ3n) is 7.92. The number of aromatic nitrogens is 5. The van der Waals surface area contributed by atoms with Crippen molar-refractivity contribution in [3.8, 4) is 17.9 Å². The fourth-order valence-electron chi connectivity index (χ4n) is 5.35. The Hall–Kier alpha value is -4.55. The quantitative estimate of drug-likeness (QED) is 0.135. The topological polar surface area (TPSA) is 113 Å². The van der Waals surface area contributed by atoms with Crippen LogP contribution in [0.5, 0.6) is 0 Å². The number of benzene rings is 1. The molecule has 1 aliphatic rings. The molecule has 1 aromatic carbocycles. The van der Waals surface area contributed by atoms with Gasteiger partial charge in [0, 0.05) is 29.7 Å². The summed E-state index contributed by atoms with van der Waals surface area (Å²) in [5, 5.41) is 32.4. The molecule has 0 unspecified atom stereocenters. The minimum atomic E-state index is -4.49. The smallest absolute Gasteiger partial charge is 0.383 e. The lowest BCUT2D eigenvalue weighted by molar-refractivity contribution is -0.182. The molecule has 1 fully saturated rings. The molecule has 3 aromatic heterocycles. The van der Waals surface area contributed by atoms with E-state index < -0.39 is 29.2 Å². The largest absolute Gasteiger partial charge is 0.413 e. The number of anilines is 1. The van der Waals surface area contributed by atoms with E-state index in [2.05, 4.69) is 64.3 Å². The average molecular weight is 634 g/mol. The molecule has 1 saturated carbocycles. The number of rotatable bonds is 7. The number of fused-ring (bicyclic) bond motifs is 1. The Bertz CT molecular complexity index is 1900. The molecular weight excluding hydrogens is 598 g/mol. The van der Waals surface area contributed by atoms with Crippen molar-refractivity contribution in [3.05, 3.63) is 76.2 Å². The Balaban J connectivity index is 1.69. The van der Waals surface area contributed by atoms with Crippen molar-refractivity contribution >= 4 is 16.6 Å². The van der Waals surface area contributed by atoms with Crippen LogP contribution in [-0.2, 0) is 12.0 Å². The first-order valence-electron chi connectivity index (χ1n) is 14.9. The first-order valence-corrected chi connectivity index (χ1v) is 14.9. The van der Waals surface area contributed by atoms with Crippen molar-refractivity contribution in [2.45, 2.75) is 84.0 Å². The van der Waals surface area contributed by atoms with Crippen molar-refractivity contribution < 1.29 is 22.7 Å². The standard InChI is InChI=1S/C34H35F4N7O/c1-20-24(7-8-28(35)42-20)25(27-18-45(44-43-27)33(11-12-33)34(36,37)38)14-21-13-22(9-10-32(5,6)46)29-26(15-21)30(23(16-39)17-40-29)41-19-31(2,3)4/h7-8,13,15,17-18,25,46H,11-12,14,19H2,1-6H3,(H,40,41)/t25-/m0/s1. The summed E-state index contributed by atoms with van der Waals surface area (Å²) in [5.74, 6) is 4.53. The van der Waals surface area contributed by atoms with E-state index >= 15 is 0 Å². The number of halogens is 4. The van der Waals surface area contributed by atoms with Gasteiger partial charge in [0.25, 0.3) is 0 Å². The zero-order valence-corrected chi connectivity index (χ0v) is 26.5. The van der Waals surface area contributed by atoms with Crippen molar-refractivity contribution in [1.29, 1.82) is 5.26 Å². The second kappa shape index (κ2) is 11.7. The fourth-order valence-corrected chi connectivity index (χ4v) is 5.35. The molecule has 4 aromatic rings. The Morgan fingerprint density at radius 1 is 1.11 bits per heavy atom. The van der Waals surface area contributed by atoms with Gasteiger partial charge in [-0.2, -0.15) is 22.8 Å². The molecule has 2 N–H and O–H groups in total. The van der Waals surface area contributed by atoms with Crippen LogP contribution < -0.4 is 5.32 Å². The maximum Gasteiger partial charge on any atom is 0.413 e. The van der Waals surface area contributed by atoms with Crippen molar-refractivity contribution in [3.63, 3.8) is 0 Å². The van der Waals surface area contributed by atoms with Gasteiger partial charge in [0.05, 0.1) is 34.2 Å². The molecule has 0 spiro atoms. The summed E-state index contributed by atoms with van der Waals surface area (Å²) < 4.78 is 56.8. The SMILES string of the molecule is Cc1nc(F)ccc1[C@H](Cc1cc(C#CC(C)(C)O)c2ncc(C#N)c(NCC(C)(C)C)c2c1)c1cn(C2(C(F)(F)F)CC2)nn1. The fraction of sp³-hybridized carbons (Fsp3) is 0.441. The van der Waals surface area contributed by atoms with Crippen LogP contribution in [0.2, 0.25) is 0 Å². The Labute approximate surface area is 264 Å². The van der Waals surface area contributed by atoms with Gasteiger partial charge in [-0.15, -0.1) is 5.10 Å². The number of hydrogen-bond acceptors (Lipinski definition) is 7. The van der Waals surface area contributed by atoms with E-state index in [9.17, 15) is 27.9 Å². The van der Waals surface area contributed by atoms with Gasteiger partial charge in [0.15, 0.2) is 5.54 Å². The lowest BCUT2D eigenvalue weighted by atomic mass is 9.87. The molecule has 1 atom stereocenters. The monoisotopic (exact) mass is 633 g/mol. The van der Waals surface area contributed by atoms with Crippen molar-refractivity contribution in [1.82, 2.24) is 25.0 Å². The summed E-state index contributed by atoms with van der Waals surface area (Å²) in [6, 6.07) is 8.63. The highest BCUT2D eigenvalue weighted by molar-refractivity contribution is 5.97. The van der Waals surface area contributed by atoms with Crippen molar-refractivity contribution in [2.75, 3.05) is 11.9 Å². The van der Waals surface area contributed by atoms with E-state index in [1.54, 1.807) is 32.9 Å². The van der Waals surface area contributed by atoms with Crippen LogP contribution in [0, 0.1) is 41.5 Å². The second-order valence-electron chi connectivity index (χ2n) is 13.6. The van der Waals surface area contributed by atoms with Gasteiger partial charge in [0.2, 0.25) is 5.95 Å². The minimum absolute atomic E-state index is 0.0897. The summed E-state index contributed by atoms with van der Waals surface area (Å²) in [4.78, 5) is 8.52. The number of hydrogen-bond donors (Lipinski definition) is 2. The molecule has 3 heterocycles. The van der Waals surface area contributed by atoms with Crippen LogP contribution in [0.1, 0.15) is 87.0 Å². The van der Waals surface area contributed by atoms with Gasteiger partial charge in [0.1, 0.15) is 11.7 Å². The summed E-state index contributed by atoms with van der Waals surface area (Å²) in [6.45, 7) is 11.5. The minimum Gasteiger partial charge on any atom is -0.383 e. The third-order valence-corrected chi connectivity index (χ3v) is 7.92.